The van der Waals surface area contributed by atoms with Crippen LogP contribution < -0.4 is 0 Å². The zero-order valence-electron chi connectivity index (χ0n) is 9.71. The lowest BCUT2D eigenvalue weighted by Crippen LogP contribution is -2.10. The summed E-state index contributed by atoms with van der Waals surface area (Å²) in [6.45, 7) is 6.59. The van der Waals surface area contributed by atoms with Gasteiger partial charge in [0.25, 0.3) is 0 Å². The zero-order valence-corrected chi connectivity index (χ0v) is 11.3. The molecule has 0 saturated heterocycles. The first-order valence-electron chi connectivity index (χ1n) is 5.31. The highest BCUT2D eigenvalue weighted by molar-refractivity contribution is 9.10. The molecule has 0 aromatic heterocycles. The Kier molecular flexibility index (Phi) is 2.70. The molecule has 0 bridgehead atoms. The summed E-state index contributed by atoms with van der Waals surface area (Å²) >= 11 is 3.41. The van der Waals surface area contributed by atoms with Gasteiger partial charge in [-0.15, -0.1) is 0 Å². The molecule has 16 heavy (non-hydrogen) atoms. The van der Waals surface area contributed by atoms with Crippen molar-refractivity contribution in [3.63, 3.8) is 0 Å². The van der Waals surface area contributed by atoms with Crippen molar-refractivity contribution in [2.24, 2.45) is 0 Å². The van der Waals surface area contributed by atoms with E-state index in [0.29, 0.717) is 0 Å². The smallest absolute Gasteiger partial charge is 0.130 e. The molecule has 0 aliphatic heterocycles. The first kappa shape index (κ1) is 11.5. The SMILES string of the molecule is CC(C)(C)c1ccc2c(Br)c(O)ccc2c1. The number of benzene rings is 2. The van der Waals surface area contributed by atoms with E-state index in [0.717, 1.165) is 15.2 Å². The molecule has 0 radical (unpaired) electrons. The van der Waals surface area contributed by atoms with Crippen LogP contribution in [-0.2, 0) is 5.41 Å². The molecule has 0 aliphatic rings. The Balaban J connectivity index is 2.70. The van der Waals surface area contributed by atoms with Crippen LogP contribution >= 0.6 is 15.9 Å². The molecule has 2 aromatic carbocycles. The molecule has 1 nitrogen and oxygen atoms in total. The molecular formula is C14H15BrO. The molecule has 0 unspecified atom stereocenters. The van der Waals surface area contributed by atoms with Crippen molar-refractivity contribution in [1.29, 1.82) is 0 Å². The summed E-state index contributed by atoms with van der Waals surface area (Å²) in [6.07, 6.45) is 0. The molecule has 0 amide bonds. The van der Waals surface area contributed by atoms with Crippen molar-refractivity contribution in [3.8, 4) is 5.75 Å². The monoisotopic (exact) mass is 278 g/mol. The second-order valence-electron chi connectivity index (χ2n) is 5.08. The van der Waals surface area contributed by atoms with Gasteiger partial charge in [-0.05, 0) is 43.7 Å². The number of phenolic OH excluding ortho intramolecular Hbond substituents is 1. The van der Waals surface area contributed by atoms with Crippen molar-refractivity contribution in [2.45, 2.75) is 26.2 Å². The number of hydrogen-bond donors (Lipinski definition) is 1. The summed E-state index contributed by atoms with van der Waals surface area (Å²) in [6, 6.07) is 10.0. The summed E-state index contributed by atoms with van der Waals surface area (Å²) < 4.78 is 0.769. The normalized spacial score (nSPS) is 12.0. The van der Waals surface area contributed by atoms with Gasteiger partial charge in [0.15, 0.2) is 0 Å². The lowest BCUT2D eigenvalue weighted by molar-refractivity contribution is 0.473. The van der Waals surface area contributed by atoms with Gasteiger partial charge in [0.05, 0.1) is 4.47 Å². The van der Waals surface area contributed by atoms with Crippen molar-refractivity contribution < 1.29 is 5.11 Å². The van der Waals surface area contributed by atoms with Gasteiger partial charge in [-0.3, -0.25) is 0 Å². The lowest BCUT2D eigenvalue weighted by Gasteiger charge is -2.19. The third-order valence-corrected chi connectivity index (χ3v) is 3.63. The predicted octanol–water partition coefficient (Wildman–Crippen LogP) is 4.61. The standard InChI is InChI=1S/C14H15BrO/c1-14(2,3)10-5-6-11-9(8-10)4-7-12(16)13(11)15/h4-8,16H,1-3H3. The number of aromatic hydroxyl groups is 1. The number of hydrogen-bond acceptors (Lipinski definition) is 1. The van der Waals surface area contributed by atoms with E-state index < -0.39 is 0 Å². The number of halogens is 1. The maximum absolute atomic E-state index is 9.60. The average Bonchev–Trinajstić information content (AvgIpc) is 2.22. The molecule has 2 heteroatoms. The summed E-state index contributed by atoms with van der Waals surface area (Å²) in [5.74, 6) is 0.288. The van der Waals surface area contributed by atoms with Crippen LogP contribution in [0.5, 0.6) is 5.75 Å². The molecule has 0 saturated carbocycles. The first-order chi connectivity index (χ1) is 7.39. The minimum absolute atomic E-state index is 0.151. The topological polar surface area (TPSA) is 20.2 Å². The van der Waals surface area contributed by atoms with Crippen molar-refractivity contribution in [3.05, 3.63) is 40.4 Å². The first-order valence-corrected chi connectivity index (χ1v) is 6.10. The summed E-state index contributed by atoms with van der Waals surface area (Å²) in [5, 5.41) is 11.8. The zero-order chi connectivity index (χ0) is 11.9. The highest BCUT2D eigenvalue weighted by Crippen LogP contribution is 2.34. The van der Waals surface area contributed by atoms with E-state index >= 15 is 0 Å². The van der Waals surface area contributed by atoms with Gasteiger partial charge in [0.1, 0.15) is 5.75 Å². The molecule has 2 rings (SSSR count). The fourth-order valence-electron chi connectivity index (χ4n) is 1.75. The van der Waals surface area contributed by atoms with Gasteiger partial charge in [-0.25, -0.2) is 0 Å². The Morgan fingerprint density at radius 3 is 2.38 bits per heavy atom. The summed E-state index contributed by atoms with van der Waals surface area (Å²) in [5.41, 5.74) is 1.45. The highest BCUT2D eigenvalue weighted by Gasteiger charge is 2.14. The molecule has 0 heterocycles. The Morgan fingerprint density at radius 2 is 1.75 bits per heavy atom. The van der Waals surface area contributed by atoms with E-state index in [1.165, 1.54) is 5.56 Å². The van der Waals surface area contributed by atoms with E-state index in [1.807, 2.05) is 6.07 Å². The van der Waals surface area contributed by atoms with Crippen LogP contribution in [0.4, 0.5) is 0 Å². The minimum atomic E-state index is 0.151. The second-order valence-corrected chi connectivity index (χ2v) is 5.88. The van der Waals surface area contributed by atoms with Gasteiger partial charge >= 0.3 is 0 Å². The molecule has 1 N–H and O–H groups in total. The predicted molar refractivity (Wildman–Crippen MR) is 72.0 cm³/mol. The van der Waals surface area contributed by atoms with Crippen molar-refractivity contribution in [2.75, 3.05) is 0 Å². The summed E-state index contributed by atoms with van der Waals surface area (Å²) in [4.78, 5) is 0. The fourth-order valence-corrected chi connectivity index (χ4v) is 2.24. The highest BCUT2D eigenvalue weighted by atomic mass is 79.9. The molecule has 0 spiro atoms. The van der Waals surface area contributed by atoms with E-state index in [-0.39, 0.29) is 11.2 Å². The van der Waals surface area contributed by atoms with Gasteiger partial charge in [-0.1, -0.05) is 45.0 Å². The van der Waals surface area contributed by atoms with E-state index in [9.17, 15) is 5.11 Å². The number of phenols is 1. The molecule has 84 valence electrons. The van der Waals surface area contributed by atoms with Crippen molar-refractivity contribution >= 4 is 26.7 Å². The van der Waals surface area contributed by atoms with Gasteiger partial charge in [0, 0.05) is 0 Å². The number of rotatable bonds is 0. The van der Waals surface area contributed by atoms with Crippen LogP contribution in [0.15, 0.2) is 34.8 Å². The maximum Gasteiger partial charge on any atom is 0.130 e. The Morgan fingerprint density at radius 1 is 1.06 bits per heavy atom. The van der Waals surface area contributed by atoms with Gasteiger partial charge in [-0.2, -0.15) is 0 Å². The van der Waals surface area contributed by atoms with Crippen LogP contribution in [0, 0.1) is 0 Å². The van der Waals surface area contributed by atoms with Crippen molar-refractivity contribution in [1.82, 2.24) is 0 Å². The Labute approximate surface area is 104 Å². The molecule has 0 fully saturated rings. The fraction of sp³-hybridized carbons (Fsp3) is 0.286. The number of fused-ring (bicyclic) bond motifs is 1. The molecule has 2 aromatic rings. The average molecular weight is 279 g/mol. The molecular weight excluding hydrogens is 264 g/mol. The van der Waals surface area contributed by atoms with E-state index in [1.54, 1.807) is 6.07 Å². The van der Waals surface area contributed by atoms with Gasteiger partial charge in [0.2, 0.25) is 0 Å². The van der Waals surface area contributed by atoms with Crippen LogP contribution in [0.1, 0.15) is 26.3 Å². The van der Waals surface area contributed by atoms with E-state index in [4.69, 9.17) is 0 Å². The van der Waals surface area contributed by atoms with Crippen LogP contribution in [0.25, 0.3) is 10.8 Å². The lowest BCUT2D eigenvalue weighted by atomic mass is 9.86. The van der Waals surface area contributed by atoms with Crippen LogP contribution in [0.3, 0.4) is 0 Å². The Bertz CT molecular complexity index is 538. The third kappa shape index (κ3) is 1.94. The van der Waals surface area contributed by atoms with Crippen LogP contribution in [-0.4, -0.2) is 5.11 Å². The largest absolute Gasteiger partial charge is 0.507 e. The molecule has 0 atom stereocenters. The maximum atomic E-state index is 9.60. The molecule has 0 aliphatic carbocycles. The van der Waals surface area contributed by atoms with Gasteiger partial charge < -0.3 is 5.11 Å². The third-order valence-electron chi connectivity index (χ3n) is 2.80. The summed E-state index contributed by atoms with van der Waals surface area (Å²) in [7, 11) is 0. The van der Waals surface area contributed by atoms with Crippen LogP contribution in [0.2, 0.25) is 0 Å². The Hall–Kier alpha value is -1.02. The van der Waals surface area contributed by atoms with E-state index in [2.05, 4.69) is 54.9 Å². The quantitative estimate of drug-likeness (QED) is 0.746. The second kappa shape index (κ2) is 3.77. The minimum Gasteiger partial charge on any atom is -0.507 e.